The normalized spacial score (nSPS) is 10.3. The Kier molecular flexibility index (Phi) is 3.79. The molecule has 0 aromatic carbocycles. The van der Waals surface area contributed by atoms with Gasteiger partial charge in [-0.2, -0.15) is 0 Å². The summed E-state index contributed by atoms with van der Waals surface area (Å²) >= 11 is 0. The topological polar surface area (TPSA) is 94.0 Å². The van der Waals surface area contributed by atoms with Gasteiger partial charge in [-0.3, -0.25) is 14.2 Å². The zero-order chi connectivity index (χ0) is 14.7. The number of Topliss-reactive ketones (excluding diaryl/α,β-unsaturated/α-hetero) is 1. The Morgan fingerprint density at radius 1 is 1.40 bits per heavy atom. The summed E-state index contributed by atoms with van der Waals surface area (Å²) in [5.74, 6) is 0.0420. The molecule has 2 aromatic rings. The predicted molar refractivity (Wildman–Crippen MR) is 71.2 cm³/mol. The zero-order valence-electron chi connectivity index (χ0n) is 11.0. The third kappa shape index (κ3) is 2.66. The molecule has 0 amide bonds. The van der Waals surface area contributed by atoms with E-state index in [1.807, 2.05) is 0 Å². The van der Waals surface area contributed by atoms with Crippen LogP contribution < -0.4 is 16.0 Å². The molecule has 2 heterocycles. The number of H-pyrrole nitrogens is 1. The number of ether oxygens (including phenoxy) is 1. The third-order valence-corrected chi connectivity index (χ3v) is 2.79. The summed E-state index contributed by atoms with van der Waals surface area (Å²) in [6, 6.07) is 3.32. The molecule has 0 unspecified atom stereocenters. The summed E-state index contributed by atoms with van der Waals surface area (Å²) < 4.78 is 5.88. The number of aromatic amines is 1. The van der Waals surface area contributed by atoms with E-state index < -0.39 is 17.0 Å². The zero-order valence-corrected chi connectivity index (χ0v) is 11.0. The first kappa shape index (κ1) is 13.7. The molecule has 2 aromatic heterocycles. The van der Waals surface area contributed by atoms with Gasteiger partial charge >= 0.3 is 5.69 Å². The molecule has 2 rings (SSSR count). The van der Waals surface area contributed by atoms with Crippen molar-refractivity contribution in [2.75, 3.05) is 7.11 Å². The van der Waals surface area contributed by atoms with Gasteiger partial charge in [-0.05, 0) is 12.5 Å². The number of aromatic nitrogens is 3. The van der Waals surface area contributed by atoms with Crippen LogP contribution in [0.4, 0.5) is 0 Å². The van der Waals surface area contributed by atoms with Crippen LogP contribution in [0, 0.1) is 0 Å². The van der Waals surface area contributed by atoms with E-state index in [9.17, 15) is 14.4 Å². The predicted octanol–water partition coefficient (Wildman–Crippen LogP) is 0.191. The van der Waals surface area contributed by atoms with Gasteiger partial charge in [-0.25, -0.2) is 9.78 Å². The molecule has 0 saturated heterocycles. The van der Waals surface area contributed by atoms with Gasteiger partial charge in [0.1, 0.15) is 0 Å². The number of ketones is 1. The lowest BCUT2D eigenvalue weighted by Gasteiger charge is -2.06. The molecule has 0 fully saturated rings. The molecule has 0 aliphatic heterocycles. The van der Waals surface area contributed by atoms with Crippen molar-refractivity contribution in [3.63, 3.8) is 0 Å². The second-order valence-corrected chi connectivity index (χ2v) is 4.16. The van der Waals surface area contributed by atoms with E-state index in [0.717, 1.165) is 10.8 Å². The molecule has 0 atom stereocenters. The van der Waals surface area contributed by atoms with E-state index in [-0.39, 0.29) is 12.1 Å². The van der Waals surface area contributed by atoms with Crippen molar-refractivity contribution >= 4 is 5.78 Å². The minimum Gasteiger partial charge on any atom is -0.481 e. The number of methoxy groups -OCH3 is 1. The number of carbonyl (C=O) groups is 1. The molecule has 7 nitrogen and oxygen atoms in total. The minimum atomic E-state index is -0.614. The van der Waals surface area contributed by atoms with Gasteiger partial charge in [0.2, 0.25) is 5.88 Å². The van der Waals surface area contributed by atoms with E-state index in [1.165, 1.54) is 20.2 Å². The molecule has 0 aliphatic carbocycles. The smallest absolute Gasteiger partial charge is 0.328 e. The van der Waals surface area contributed by atoms with E-state index in [0.29, 0.717) is 11.4 Å². The third-order valence-electron chi connectivity index (χ3n) is 2.79. The highest BCUT2D eigenvalue weighted by atomic mass is 16.5. The second-order valence-electron chi connectivity index (χ2n) is 4.16. The molecular formula is C13H13N3O4. The molecule has 104 valence electrons. The van der Waals surface area contributed by atoms with Crippen LogP contribution in [0.15, 0.2) is 34.1 Å². The lowest BCUT2D eigenvalue weighted by Crippen LogP contribution is -2.38. The standard InChI is InChI=1S/C13H13N3O4/c1-8(17)10-6-15-13(19)16(12(10)18)7-9-3-4-11(20-2)14-5-9/h3-6H,7H2,1-2H3,(H,15,19). The minimum absolute atomic E-state index is 0.0340. The Hall–Kier alpha value is -2.70. The molecule has 7 heteroatoms. The van der Waals surface area contributed by atoms with Gasteiger partial charge < -0.3 is 9.72 Å². The lowest BCUT2D eigenvalue weighted by molar-refractivity contribution is 0.101. The molecular weight excluding hydrogens is 262 g/mol. The van der Waals surface area contributed by atoms with Crippen LogP contribution in [0.25, 0.3) is 0 Å². The highest BCUT2D eigenvalue weighted by Crippen LogP contribution is 2.06. The summed E-state index contributed by atoms with van der Waals surface area (Å²) in [5, 5.41) is 0. The summed E-state index contributed by atoms with van der Waals surface area (Å²) in [7, 11) is 1.49. The average Bonchev–Trinajstić information content (AvgIpc) is 2.43. The van der Waals surface area contributed by atoms with Crippen molar-refractivity contribution in [2.24, 2.45) is 0 Å². The number of hydrogen-bond donors (Lipinski definition) is 1. The second kappa shape index (κ2) is 5.52. The molecule has 0 spiro atoms. The van der Waals surface area contributed by atoms with Crippen LogP contribution in [0.5, 0.6) is 5.88 Å². The summed E-state index contributed by atoms with van der Waals surface area (Å²) in [5.41, 5.74) is -0.585. The Morgan fingerprint density at radius 2 is 2.15 bits per heavy atom. The maximum atomic E-state index is 12.0. The van der Waals surface area contributed by atoms with Crippen molar-refractivity contribution < 1.29 is 9.53 Å². The van der Waals surface area contributed by atoms with E-state index in [4.69, 9.17) is 4.74 Å². The average molecular weight is 275 g/mol. The van der Waals surface area contributed by atoms with E-state index in [2.05, 4.69) is 9.97 Å². The first-order valence-corrected chi connectivity index (χ1v) is 5.85. The van der Waals surface area contributed by atoms with Gasteiger partial charge in [0, 0.05) is 18.5 Å². The molecule has 1 N–H and O–H groups in total. The number of pyridine rings is 1. The number of carbonyl (C=O) groups excluding carboxylic acids is 1. The van der Waals surface area contributed by atoms with E-state index >= 15 is 0 Å². The Morgan fingerprint density at radius 3 is 2.70 bits per heavy atom. The van der Waals surface area contributed by atoms with Crippen molar-refractivity contribution in [3.05, 3.63) is 56.5 Å². The molecule has 20 heavy (non-hydrogen) atoms. The molecule has 0 aliphatic rings. The van der Waals surface area contributed by atoms with Crippen LogP contribution in [0.3, 0.4) is 0 Å². The number of hydrogen-bond acceptors (Lipinski definition) is 5. The number of nitrogens with one attached hydrogen (secondary N) is 1. The Balaban J connectivity index is 2.42. The first-order valence-electron chi connectivity index (χ1n) is 5.85. The Labute approximate surface area is 113 Å². The molecule has 0 radical (unpaired) electrons. The quantitative estimate of drug-likeness (QED) is 0.804. The van der Waals surface area contributed by atoms with Crippen LogP contribution in [0.1, 0.15) is 22.8 Å². The largest absolute Gasteiger partial charge is 0.481 e. The van der Waals surface area contributed by atoms with Crippen LogP contribution >= 0.6 is 0 Å². The van der Waals surface area contributed by atoms with Crippen molar-refractivity contribution in [1.82, 2.24) is 14.5 Å². The maximum Gasteiger partial charge on any atom is 0.328 e. The van der Waals surface area contributed by atoms with Crippen LogP contribution in [0.2, 0.25) is 0 Å². The fourth-order valence-electron chi connectivity index (χ4n) is 1.71. The summed E-state index contributed by atoms with van der Waals surface area (Å²) in [4.78, 5) is 41.4. The van der Waals surface area contributed by atoms with Gasteiger partial charge in [0.25, 0.3) is 5.56 Å². The van der Waals surface area contributed by atoms with Crippen molar-refractivity contribution in [1.29, 1.82) is 0 Å². The highest BCUT2D eigenvalue weighted by Gasteiger charge is 2.11. The molecule has 0 bridgehead atoms. The van der Waals surface area contributed by atoms with Gasteiger partial charge in [0.15, 0.2) is 5.78 Å². The lowest BCUT2D eigenvalue weighted by atomic mass is 10.2. The van der Waals surface area contributed by atoms with E-state index in [1.54, 1.807) is 12.1 Å². The monoisotopic (exact) mass is 275 g/mol. The van der Waals surface area contributed by atoms with Gasteiger partial charge in [0.05, 0.1) is 19.2 Å². The number of nitrogens with zero attached hydrogens (tertiary/aromatic N) is 2. The van der Waals surface area contributed by atoms with Crippen molar-refractivity contribution in [2.45, 2.75) is 13.5 Å². The van der Waals surface area contributed by atoms with Crippen LogP contribution in [-0.2, 0) is 6.54 Å². The van der Waals surface area contributed by atoms with Crippen LogP contribution in [-0.4, -0.2) is 27.4 Å². The van der Waals surface area contributed by atoms with Crippen molar-refractivity contribution in [3.8, 4) is 5.88 Å². The Bertz CT molecular complexity index is 743. The highest BCUT2D eigenvalue weighted by molar-refractivity contribution is 5.93. The number of rotatable bonds is 4. The summed E-state index contributed by atoms with van der Waals surface area (Å²) in [6.45, 7) is 1.31. The van der Waals surface area contributed by atoms with Gasteiger partial charge in [-0.1, -0.05) is 6.07 Å². The SMILES string of the molecule is COc1ccc(Cn2c(=O)[nH]cc(C(C)=O)c2=O)cn1. The fourth-order valence-corrected chi connectivity index (χ4v) is 1.71. The first-order chi connectivity index (χ1) is 9.52. The maximum absolute atomic E-state index is 12.0. The molecule has 0 saturated carbocycles. The van der Waals surface area contributed by atoms with Gasteiger partial charge in [-0.15, -0.1) is 0 Å². The fraction of sp³-hybridized carbons (Fsp3) is 0.231. The summed E-state index contributed by atoms with van der Waals surface area (Å²) in [6.07, 6.45) is 2.64.